The van der Waals surface area contributed by atoms with Crippen LogP contribution in [0.3, 0.4) is 0 Å². The van der Waals surface area contributed by atoms with Gasteiger partial charge in [0.1, 0.15) is 0 Å². The Bertz CT molecular complexity index is 551. The van der Waals surface area contributed by atoms with Crippen molar-refractivity contribution in [3.05, 3.63) is 47.5 Å². The highest BCUT2D eigenvalue weighted by Gasteiger charge is 2.13. The van der Waals surface area contributed by atoms with Gasteiger partial charge in [-0.05, 0) is 18.4 Å². The fraction of sp³-hybridized carbons (Fsp3) is 0.250. The SMILES string of the molecule is CC(=O)c1cccc2cccc(C(=O)O)c12.CCC. The van der Waals surface area contributed by atoms with Crippen LogP contribution in [0.2, 0.25) is 0 Å². The summed E-state index contributed by atoms with van der Waals surface area (Å²) in [6.07, 6.45) is 1.25. The molecule has 0 bridgehead atoms. The maximum atomic E-state index is 11.4. The van der Waals surface area contributed by atoms with Crippen molar-refractivity contribution < 1.29 is 14.7 Å². The third-order valence-electron chi connectivity index (χ3n) is 2.51. The summed E-state index contributed by atoms with van der Waals surface area (Å²) in [5, 5.41) is 10.4. The minimum atomic E-state index is -1.01. The molecule has 1 N–H and O–H groups in total. The van der Waals surface area contributed by atoms with Gasteiger partial charge < -0.3 is 5.11 Å². The number of Topliss-reactive ketones (excluding diaryl/α,β-unsaturated/α-hetero) is 1. The van der Waals surface area contributed by atoms with Crippen LogP contribution in [0, 0.1) is 0 Å². The molecule has 0 aromatic heterocycles. The van der Waals surface area contributed by atoms with Crippen molar-refractivity contribution in [2.45, 2.75) is 27.2 Å². The molecule has 0 aliphatic rings. The van der Waals surface area contributed by atoms with Gasteiger partial charge in [0, 0.05) is 10.9 Å². The molecule has 3 nitrogen and oxygen atoms in total. The lowest BCUT2D eigenvalue weighted by atomic mass is 9.97. The van der Waals surface area contributed by atoms with E-state index in [1.807, 2.05) is 0 Å². The highest BCUT2D eigenvalue weighted by Crippen LogP contribution is 2.23. The van der Waals surface area contributed by atoms with Crippen LogP contribution in [-0.4, -0.2) is 16.9 Å². The van der Waals surface area contributed by atoms with Crippen molar-refractivity contribution in [2.75, 3.05) is 0 Å². The molecule has 0 radical (unpaired) electrons. The lowest BCUT2D eigenvalue weighted by Gasteiger charge is -2.06. The van der Waals surface area contributed by atoms with Crippen LogP contribution in [0.5, 0.6) is 0 Å². The summed E-state index contributed by atoms with van der Waals surface area (Å²) < 4.78 is 0. The Hall–Kier alpha value is -2.16. The first kappa shape index (κ1) is 14.9. The van der Waals surface area contributed by atoms with Gasteiger partial charge in [0.25, 0.3) is 0 Å². The minimum absolute atomic E-state index is 0.126. The molecule has 2 aromatic carbocycles. The number of fused-ring (bicyclic) bond motifs is 1. The van der Waals surface area contributed by atoms with Crippen LogP contribution in [0.15, 0.2) is 36.4 Å². The summed E-state index contributed by atoms with van der Waals surface area (Å²) in [7, 11) is 0. The van der Waals surface area contributed by atoms with Crippen molar-refractivity contribution in [2.24, 2.45) is 0 Å². The normalized spacial score (nSPS) is 9.63. The zero-order valence-electron chi connectivity index (χ0n) is 11.4. The molecule has 0 aliphatic carbocycles. The number of ketones is 1. The largest absolute Gasteiger partial charge is 0.478 e. The number of aromatic carboxylic acids is 1. The zero-order valence-corrected chi connectivity index (χ0v) is 11.4. The van der Waals surface area contributed by atoms with Crippen LogP contribution in [-0.2, 0) is 0 Å². The van der Waals surface area contributed by atoms with E-state index in [1.165, 1.54) is 19.4 Å². The Morgan fingerprint density at radius 3 is 1.89 bits per heavy atom. The van der Waals surface area contributed by atoms with Gasteiger partial charge in [-0.15, -0.1) is 0 Å². The average molecular weight is 258 g/mol. The molecule has 0 spiro atoms. The second kappa shape index (κ2) is 6.69. The fourth-order valence-electron chi connectivity index (χ4n) is 1.81. The smallest absolute Gasteiger partial charge is 0.336 e. The van der Waals surface area contributed by atoms with Crippen molar-refractivity contribution in [3.63, 3.8) is 0 Å². The Morgan fingerprint density at radius 2 is 1.47 bits per heavy atom. The first-order valence-electron chi connectivity index (χ1n) is 6.28. The molecule has 2 rings (SSSR count). The molecule has 3 heteroatoms. The number of carboxylic acids is 1. The predicted molar refractivity (Wildman–Crippen MR) is 76.9 cm³/mol. The van der Waals surface area contributed by atoms with Crippen LogP contribution in [0.1, 0.15) is 47.9 Å². The molecule has 0 saturated heterocycles. The Balaban J connectivity index is 0.000000550. The van der Waals surface area contributed by atoms with Crippen LogP contribution < -0.4 is 0 Å². The second-order valence-electron chi connectivity index (χ2n) is 4.28. The van der Waals surface area contributed by atoms with E-state index in [4.69, 9.17) is 5.11 Å². The molecule has 19 heavy (non-hydrogen) atoms. The van der Waals surface area contributed by atoms with Crippen LogP contribution >= 0.6 is 0 Å². The summed E-state index contributed by atoms with van der Waals surface area (Å²) >= 11 is 0. The number of carboxylic acid groups (broad SMARTS) is 1. The lowest BCUT2D eigenvalue weighted by molar-refractivity contribution is 0.0699. The molecule has 0 unspecified atom stereocenters. The topological polar surface area (TPSA) is 54.4 Å². The van der Waals surface area contributed by atoms with E-state index in [-0.39, 0.29) is 11.3 Å². The highest BCUT2D eigenvalue weighted by molar-refractivity contribution is 6.14. The first-order valence-corrected chi connectivity index (χ1v) is 6.28. The van der Waals surface area contributed by atoms with Gasteiger partial charge in [-0.25, -0.2) is 4.79 Å². The van der Waals surface area contributed by atoms with Crippen molar-refractivity contribution in [1.29, 1.82) is 0 Å². The molecule has 0 saturated carbocycles. The quantitative estimate of drug-likeness (QED) is 0.823. The summed E-state index contributed by atoms with van der Waals surface area (Å²) in [6.45, 7) is 5.69. The van der Waals surface area contributed by atoms with Crippen molar-refractivity contribution >= 4 is 22.5 Å². The van der Waals surface area contributed by atoms with Gasteiger partial charge in [-0.2, -0.15) is 0 Å². The molecule has 2 aromatic rings. The number of rotatable bonds is 2. The maximum absolute atomic E-state index is 11.4. The predicted octanol–water partition coefficient (Wildman–Crippen LogP) is 4.16. The first-order chi connectivity index (χ1) is 9.02. The third-order valence-corrected chi connectivity index (χ3v) is 2.51. The lowest BCUT2D eigenvalue weighted by Crippen LogP contribution is -2.02. The number of carbonyl (C=O) groups is 2. The van der Waals surface area contributed by atoms with E-state index in [0.717, 1.165) is 5.39 Å². The summed E-state index contributed by atoms with van der Waals surface area (Å²) in [6, 6.07) is 10.2. The van der Waals surface area contributed by atoms with E-state index in [9.17, 15) is 9.59 Å². The van der Waals surface area contributed by atoms with Gasteiger partial charge >= 0.3 is 5.97 Å². The third kappa shape index (κ3) is 3.41. The highest BCUT2D eigenvalue weighted by atomic mass is 16.4. The second-order valence-corrected chi connectivity index (χ2v) is 4.28. The molecule has 0 atom stereocenters. The van der Waals surface area contributed by atoms with Gasteiger partial charge in [0.2, 0.25) is 0 Å². The van der Waals surface area contributed by atoms with Gasteiger partial charge in [0.05, 0.1) is 5.56 Å². The van der Waals surface area contributed by atoms with Gasteiger partial charge in [-0.1, -0.05) is 50.6 Å². The number of benzene rings is 2. The van der Waals surface area contributed by atoms with Crippen LogP contribution in [0.25, 0.3) is 10.8 Å². The monoisotopic (exact) mass is 258 g/mol. The summed E-state index contributed by atoms with van der Waals surface area (Å²) in [5.41, 5.74) is 0.624. The van der Waals surface area contributed by atoms with Crippen molar-refractivity contribution in [1.82, 2.24) is 0 Å². The Kier molecular flexibility index (Phi) is 5.24. The summed E-state index contributed by atoms with van der Waals surface area (Å²) in [5.74, 6) is -1.14. The molecule has 100 valence electrons. The Morgan fingerprint density at radius 1 is 1.00 bits per heavy atom. The van der Waals surface area contributed by atoms with Gasteiger partial charge in [-0.3, -0.25) is 4.79 Å². The molecular formula is C16H18O3. The fourth-order valence-corrected chi connectivity index (χ4v) is 1.81. The van der Waals surface area contributed by atoms with E-state index in [2.05, 4.69) is 13.8 Å². The van der Waals surface area contributed by atoms with Crippen LogP contribution in [0.4, 0.5) is 0 Å². The van der Waals surface area contributed by atoms with E-state index < -0.39 is 5.97 Å². The number of carbonyl (C=O) groups excluding carboxylic acids is 1. The maximum Gasteiger partial charge on any atom is 0.336 e. The average Bonchev–Trinajstić information content (AvgIpc) is 2.37. The molecule has 0 amide bonds. The molecule has 0 fully saturated rings. The standard InChI is InChI=1S/C13H10O3.C3H8/c1-8(14)10-6-2-4-9-5-3-7-11(12(9)10)13(15)16;1-3-2/h2-7H,1H3,(H,15,16);3H2,1-2H3. The molecule has 0 heterocycles. The minimum Gasteiger partial charge on any atom is -0.478 e. The van der Waals surface area contributed by atoms with E-state index in [0.29, 0.717) is 10.9 Å². The number of hydrogen-bond acceptors (Lipinski definition) is 2. The molecule has 0 aliphatic heterocycles. The number of hydrogen-bond donors (Lipinski definition) is 1. The van der Waals surface area contributed by atoms with Crippen molar-refractivity contribution in [3.8, 4) is 0 Å². The zero-order chi connectivity index (χ0) is 14.4. The van der Waals surface area contributed by atoms with E-state index in [1.54, 1.807) is 30.3 Å². The molecular weight excluding hydrogens is 240 g/mol. The Labute approximate surface area is 112 Å². The summed E-state index contributed by atoms with van der Waals surface area (Å²) in [4.78, 5) is 22.5. The van der Waals surface area contributed by atoms with Gasteiger partial charge in [0.15, 0.2) is 5.78 Å². The van der Waals surface area contributed by atoms with E-state index >= 15 is 0 Å².